The molecule has 0 amide bonds. The number of nitrogens with one attached hydrogen (secondary N) is 2. The van der Waals surface area contributed by atoms with Gasteiger partial charge in [-0.1, -0.05) is 25.3 Å². The van der Waals surface area contributed by atoms with Crippen molar-refractivity contribution in [3.63, 3.8) is 0 Å². The Kier molecular flexibility index (Phi) is 3.95. The highest BCUT2D eigenvalue weighted by Crippen LogP contribution is 2.43. The third-order valence-corrected chi connectivity index (χ3v) is 5.11. The molecule has 1 saturated carbocycles. The van der Waals surface area contributed by atoms with Crippen molar-refractivity contribution in [2.45, 2.75) is 44.1 Å². The first-order chi connectivity index (χ1) is 11.4. The van der Waals surface area contributed by atoms with Gasteiger partial charge < -0.3 is 19.8 Å². The maximum Gasteiger partial charge on any atom is 0.231 e. The Balaban J connectivity index is 1.53. The summed E-state index contributed by atoms with van der Waals surface area (Å²) in [7, 11) is 0. The second kappa shape index (κ2) is 6.24. The van der Waals surface area contributed by atoms with Crippen molar-refractivity contribution in [1.82, 2.24) is 15.3 Å². The van der Waals surface area contributed by atoms with Gasteiger partial charge in [-0.15, -0.1) is 0 Å². The smallest absolute Gasteiger partial charge is 0.231 e. The van der Waals surface area contributed by atoms with Gasteiger partial charge in [-0.05, 0) is 30.5 Å². The lowest BCUT2D eigenvalue weighted by molar-refractivity contribution is 0.173. The Morgan fingerprint density at radius 1 is 1.13 bits per heavy atom. The van der Waals surface area contributed by atoms with Crippen molar-refractivity contribution in [2.24, 2.45) is 0 Å². The minimum Gasteiger partial charge on any atom is -0.454 e. The molecule has 2 heterocycles. The monoisotopic (exact) mass is 313 g/mol. The van der Waals surface area contributed by atoms with E-state index in [0.717, 1.165) is 30.4 Å². The summed E-state index contributed by atoms with van der Waals surface area (Å²) in [6.07, 6.45) is 10.0. The van der Waals surface area contributed by atoms with Crippen LogP contribution < -0.4 is 14.8 Å². The van der Waals surface area contributed by atoms with E-state index >= 15 is 0 Å². The average Bonchev–Trinajstić information content (AvgIpc) is 3.26. The maximum atomic E-state index is 5.58. The molecule has 0 atom stereocenters. The number of aromatic amines is 1. The number of hydrogen-bond acceptors (Lipinski definition) is 4. The highest BCUT2D eigenvalue weighted by molar-refractivity contribution is 5.47. The van der Waals surface area contributed by atoms with E-state index in [1.165, 1.54) is 37.7 Å². The van der Waals surface area contributed by atoms with Crippen LogP contribution in [0.3, 0.4) is 0 Å². The average molecular weight is 313 g/mol. The first-order valence-corrected chi connectivity index (χ1v) is 8.45. The largest absolute Gasteiger partial charge is 0.454 e. The number of imidazole rings is 1. The summed E-state index contributed by atoms with van der Waals surface area (Å²) in [5.74, 6) is 2.74. The summed E-state index contributed by atoms with van der Waals surface area (Å²) in [5, 5.41) is 3.60. The van der Waals surface area contributed by atoms with Crippen LogP contribution in [0.5, 0.6) is 11.5 Å². The Morgan fingerprint density at radius 2 is 2.00 bits per heavy atom. The Morgan fingerprint density at radius 3 is 2.83 bits per heavy atom. The van der Waals surface area contributed by atoms with Gasteiger partial charge >= 0.3 is 0 Å². The van der Waals surface area contributed by atoms with E-state index in [-0.39, 0.29) is 5.41 Å². The molecule has 4 rings (SSSR count). The minimum atomic E-state index is 0.186. The molecule has 0 spiro atoms. The number of benzene rings is 1. The molecule has 5 nitrogen and oxygen atoms in total. The summed E-state index contributed by atoms with van der Waals surface area (Å²) in [6, 6.07) is 6.45. The summed E-state index contributed by atoms with van der Waals surface area (Å²) in [6.45, 7) is 2.08. The zero-order chi connectivity index (χ0) is 15.5. The zero-order valence-corrected chi connectivity index (χ0v) is 13.3. The predicted molar refractivity (Wildman–Crippen MR) is 87.6 cm³/mol. The fourth-order valence-electron chi connectivity index (χ4n) is 3.84. The van der Waals surface area contributed by atoms with Crippen molar-refractivity contribution in [3.05, 3.63) is 42.0 Å². The van der Waals surface area contributed by atoms with Gasteiger partial charge in [0.25, 0.3) is 0 Å². The van der Waals surface area contributed by atoms with Crippen molar-refractivity contribution < 1.29 is 9.47 Å². The predicted octanol–water partition coefficient (Wildman–Crippen LogP) is 3.13. The molecule has 1 aliphatic heterocycles. The van der Waals surface area contributed by atoms with Gasteiger partial charge in [-0.2, -0.15) is 0 Å². The highest BCUT2D eigenvalue weighted by atomic mass is 16.7. The second-order valence-corrected chi connectivity index (χ2v) is 6.55. The van der Waals surface area contributed by atoms with Crippen molar-refractivity contribution >= 4 is 0 Å². The van der Waals surface area contributed by atoms with E-state index in [2.05, 4.69) is 33.5 Å². The number of ether oxygens (including phenoxy) is 2. The van der Waals surface area contributed by atoms with Crippen LogP contribution in [0.4, 0.5) is 0 Å². The van der Waals surface area contributed by atoms with Crippen LogP contribution in [0.2, 0.25) is 0 Å². The van der Waals surface area contributed by atoms with Gasteiger partial charge in [0.15, 0.2) is 11.5 Å². The molecule has 5 heteroatoms. The summed E-state index contributed by atoms with van der Waals surface area (Å²) >= 11 is 0. The highest BCUT2D eigenvalue weighted by Gasteiger charge is 2.34. The first-order valence-electron chi connectivity index (χ1n) is 8.45. The van der Waals surface area contributed by atoms with Crippen LogP contribution in [0.1, 0.15) is 43.5 Å². The van der Waals surface area contributed by atoms with Gasteiger partial charge in [0.05, 0.1) is 6.54 Å². The van der Waals surface area contributed by atoms with Crippen molar-refractivity contribution in [3.8, 4) is 11.5 Å². The molecule has 2 aliphatic rings. The molecule has 1 aliphatic carbocycles. The number of nitrogens with zero attached hydrogens (tertiary/aromatic N) is 1. The Hall–Kier alpha value is -2.01. The van der Waals surface area contributed by atoms with Gasteiger partial charge in [-0.25, -0.2) is 4.98 Å². The van der Waals surface area contributed by atoms with Crippen LogP contribution in [-0.4, -0.2) is 23.3 Å². The molecule has 0 bridgehead atoms. The minimum absolute atomic E-state index is 0.186. The first kappa shape index (κ1) is 14.6. The molecule has 1 aromatic carbocycles. The number of hydrogen-bond donors (Lipinski definition) is 2. The fourth-order valence-corrected chi connectivity index (χ4v) is 3.84. The third-order valence-electron chi connectivity index (χ3n) is 5.11. The summed E-state index contributed by atoms with van der Waals surface area (Å²) < 4.78 is 11.0. The van der Waals surface area contributed by atoms with Gasteiger partial charge in [0.2, 0.25) is 6.79 Å². The van der Waals surface area contributed by atoms with Crippen LogP contribution in [0.15, 0.2) is 30.6 Å². The maximum absolute atomic E-state index is 5.58. The summed E-state index contributed by atoms with van der Waals surface area (Å²) in [4.78, 5) is 7.44. The van der Waals surface area contributed by atoms with Gasteiger partial charge in [0, 0.05) is 24.4 Å². The molecule has 1 aromatic heterocycles. The van der Waals surface area contributed by atoms with Crippen LogP contribution >= 0.6 is 0 Å². The molecular weight excluding hydrogens is 290 g/mol. The quantitative estimate of drug-likeness (QED) is 0.890. The fraction of sp³-hybridized carbons (Fsp3) is 0.500. The molecule has 0 saturated heterocycles. The van der Waals surface area contributed by atoms with Gasteiger partial charge in [-0.3, -0.25) is 0 Å². The van der Waals surface area contributed by atoms with E-state index in [4.69, 9.17) is 9.47 Å². The molecule has 23 heavy (non-hydrogen) atoms. The molecule has 0 radical (unpaired) electrons. The lowest BCUT2D eigenvalue weighted by atomic mass is 9.69. The van der Waals surface area contributed by atoms with E-state index in [9.17, 15) is 0 Å². The van der Waals surface area contributed by atoms with E-state index < -0.39 is 0 Å². The van der Waals surface area contributed by atoms with Crippen LogP contribution in [0.25, 0.3) is 0 Å². The number of H-pyrrole nitrogens is 1. The molecule has 2 aromatic rings. The molecule has 0 unspecified atom stereocenters. The van der Waals surface area contributed by atoms with Crippen LogP contribution in [-0.2, 0) is 12.0 Å². The van der Waals surface area contributed by atoms with E-state index in [1.54, 1.807) is 6.20 Å². The number of fused-ring (bicyclic) bond motifs is 1. The molecule has 2 N–H and O–H groups in total. The second-order valence-electron chi connectivity index (χ2n) is 6.55. The SMILES string of the molecule is c1c[nH]c(CNCC2(c3ccc4c(c3)OCO4)CCCCC2)n1. The number of aromatic nitrogens is 2. The van der Waals surface area contributed by atoms with Gasteiger partial charge in [0.1, 0.15) is 5.82 Å². The van der Waals surface area contributed by atoms with E-state index in [0.29, 0.717) is 6.79 Å². The zero-order valence-electron chi connectivity index (χ0n) is 13.3. The topological polar surface area (TPSA) is 59.2 Å². The molecular formula is C18H23N3O2. The lowest BCUT2D eigenvalue weighted by Gasteiger charge is -2.38. The molecule has 1 fully saturated rings. The van der Waals surface area contributed by atoms with E-state index in [1.807, 2.05) is 6.20 Å². The van der Waals surface area contributed by atoms with Crippen LogP contribution in [0, 0.1) is 0 Å². The molecule has 122 valence electrons. The third kappa shape index (κ3) is 2.93. The lowest BCUT2D eigenvalue weighted by Crippen LogP contribution is -2.39. The number of rotatable bonds is 5. The standard InChI is InChI=1S/C18H23N3O2/c1-2-6-18(7-3-1,12-19-11-17-20-8-9-21-17)14-4-5-15-16(10-14)23-13-22-15/h4-5,8-10,19H,1-3,6-7,11-13H2,(H,20,21). The normalized spacial score (nSPS) is 19.0. The van der Waals surface area contributed by atoms with Crippen molar-refractivity contribution in [1.29, 1.82) is 0 Å². The Labute approximate surface area is 136 Å². The van der Waals surface area contributed by atoms with Crippen molar-refractivity contribution in [2.75, 3.05) is 13.3 Å². The summed E-state index contributed by atoms with van der Waals surface area (Å²) in [5.41, 5.74) is 1.56. The Bertz CT molecular complexity index is 648.